The summed E-state index contributed by atoms with van der Waals surface area (Å²) in [5.41, 5.74) is 1.93. The molecule has 0 aliphatic rings. The van der Waals surface area contributed by atoms with Crippen LogP contribution >= 0.6 is 11.3 Å². The highest BCUT2D eigenvalue weighted by molar-refractivity contribution is 7.13. The van der Waals surface area contributed by atoms with E-state index in [-0.39, 0.29) is 5.97 Å². The third-order valence-corrected chi connectivity index (χ3v) is 3.33. The zero-order valence-corrected chi connectivity index (χ0v) is 11.2. The predicted octanol–water partition coefficient (Wildman–Crippen LogP) is 2.04. The Morgan fingerprint density at radius 2 is 2.39 bits per heavy atom. The summed E-state index contributed by atoms with van der Waals surface area (Å²) >= 11 is 1.56. The number of aromatic nitrogens is 3. The largest absolute Gasteiger partial charge is 0.466 e. The van der Waals surface area contributed by atoms with Crippen LogP contribution in [0.5, 0.6) is 0 Å². The fourth-order valence-electron chi connectivity index (χ4n) is 1.55. The number of hydrogen-bond donors (Lipinski definition) is 0. The topological polar surface area (TPSA) is 57.0 Å². The molecule has 0 aliphatic heterocycles. The van der Waals surface area contributed by atoms with E-state index in [1.54, 1.807) is 29.1 Å². The second kappa shape index (κ2) is 5.77. The van der Waals surface area contributed by atoms with Crippen molar-refractivity contribution in [1.82, 2.24) is 14.8 Å². The van der Waals surface area contributed by atoms with Crippen molar-refractivity contribution >= 4 is 17.3 Å². The van der Waals surface area contributed by atoms with Gasteiger partial charge in [0.1, 0.15) is 5.01 Å². The molecule has 18 heavy (non-hydrogen) atoms. The van der Waals surface area contributed by atoms with Gasteiger partial charge in [-0.2, -0.15) is 5.10 Å². The molecule has 0 saturated carbocycles. The summed E-state index contributed by atoms with van der Waals surface area (Å²) in [6.45, 7) is 2.23. The van der Waals surface area contributed by atoms with Crippen LogP contribution in [0.1, 0.15) is 19.0 Å². The van der Waals surface area contributed by atoms with Gasteiger partial charge in [-0.15, -0.1) is 11.3 Å². The van der Waals surface area contributed by atoms with Crippen molar-refractivity contribution < 1.29 is 9.53 Å². The number of hydrogen-bond acceptors (Lipinski definition) is 5. The van der Waals surface area contributed by atoms with Crippen LogP contribution in [-0.2, 0) is 23.0 Å². The highest BCUT2D eigenvalue weighted by Gasteiger charge is 2.08. The van der Waals surface area contributed by atoms with E-state index in [2.05, 4.69) is 10.1 Å². The third-order valence-electron chi connectivity index (χ3n) is 2.39. The fourth-order valence-corrected chi connectivity index (χ4v) is 2.38. The number of aryl methyl sites for hydroxylation is 2. The minimum Gasteiger partial charge on any atom is -0.466 e. The van der Waals surface area contributed by atoms with E-state index in [9.17, 15) is 4.79 Å². The van der Waals surface area contributed by atoms with Gasteiger partial charge in [0.05, 0.1) is 24.9 Å². The highest BCUT2D eigenvalue weighted by Crippen LogP contribution is 2.23. The zero-order valence-electron chi connectivity index (χ0n) is 10.4. The second-order valence-electron chi connectivity index (χ2n) is 3.85. The molecular weight excluding hydrogens is 250 g/mol. The SMILES string of the molecule is CCOC(=O)CCc1csc(-c2cnn(C)c2)n1. The zero-order chi connectivity index (χ0) is 13.0. The van der Waals surface area contributed by atoms with E-state index in [0.717, 1.165) is 16.3 Å². The molecule has 5 nitrogen and oxygen atoms in total. The van der Waals surface area contributed by atoms with Gasteiger partial charge in [-0.25, -0.2) is 4.98 Å². The van der Waals surface area contributed by atoms with Crippen molar-refractivity contribution in [3.05, 3.63) is 23.5 Å². The third kappa shape index (κ3) is 3.16. The van der Waals surface area contributed by atoms with Crippen LogP contribution in [0.15, 0.2) is 17.8 Å². The van der Waals surface area contributed by atoms with Gasteiger partial charge in [0, 0.05) is 30.6 Å². The van der Waals surface area contributed by atoms with Crippen LogP contribution in [-0.4, -0.2) is 27.3 Å². The smallest absolute Gasteiger partial charge is 0.306 e. The summed E-state index contributed by atoms with van der Waals surface area (Å²) in [7, 11) is 1.87. The van der Waals surface area contributed by atoms with Gasteiger partial charge in [0.2, 0.25) is 0 Å². The Morgan fingerprint density at radius 3 is 3.06 bits per heavy atom. The van der Waals surface area contributed by atoms with Crippen molar-refractivity contribution in [2.75, 3.05) is 6.61 Å². The lowest BCUT2D eigenvalue weighted by molar-refractivity contribution is -0.143. The first-order valence-corrected chi connectivity index (χ1v) is 6.66. The Labute approximate surface area is 109 Å². The molecule has 0 N–H and O–H groups in total. The van der Waals surface area contributed by atoms with Crippen molar-refractivity contribution in [2.24, 2.45) is 7.05 Å². The molecule has 2 aromatic rings. The minimum absolute atomic E-state index is 0.173. The average molecular weight is 265 g/mol. The van der Waals surface area contributed by atoms with Crippen molar-refractivity contribution in [1.29, 1.82) is 0 Å². The van der Waals surface area contributed by atoms with E-state index in [1.807, 2.05) is 18.6 Å². The molecule has 0 bridgehead atoms. The van der Waals surface area contributed by atoms with Gasteiger partial charge < -0.3 is 4.74 Å². The Balaban J connectivity index is 1.96. The maximum Gasteiger partial charge on any atom is 0.306 e. The molecule has 0 aliphatic carbocycles. The minimum atomic E-state index is -0.173. The molecule has 96 valence electrons. The maximum absolute atomic E-state index is 11.2. The first-order chi connectivity index (χ1) is 8.69. The van der Waals surface area contributed by atoms with Gasteiger partial charge in [0.15, 0.2) is 0 Å². The van der Waals surface area contributed by atoms with Crippen molar-refractivity contribution in [2.45, 2.75) is 19.8 Å². The molecular formula is C12H15N3O2S. The van der Waals surface area contributed by atoms with E-state index in [0.29, 0.717) is 19.4 Å². The summed E-state index contributed by atoms with van der Waals surface area (Å²) in [5, 5.41) is 7.02. The monoisotopic (exact) mass is 265 g/mol. The Hall–Kier alpha value is -1.69. The van der Waals surface area contributed by atoms with Gasteiger partial charge in [0.25, 0.3) is 0 Å². The lowest BCUT2D eigenvalue weighted by Gasteiger charge is -1.99. The maximum atomic E-state index is 11.2. The van der Waals surface area contributed by atoms with Crippen LogP contribution in [0.4, 0.5) is 0 Å². The molecule has 0 radical (unpaired) electrons. The average Bonchev–Trinajstić information content (AvgIpc) is 2.95. The first-order valence-electron chi connectivity index (χ1n) is 5.78. The number of carbonyl (C=O) groups excluding carboxylic acids is 1. The Kier molecular flexibility index (Phi) is 4.09. The summed E-state index contributed by atoms with van der Waals surface area (Å²) in [4.78, 5) is 15.7. The number of esters is 1. The van der Waals surface area contributed by atoms with Crippen LogP contribution in [0.2, 0.25) is 0 Å². The first kappa shape index (κ1) is 12.8. The standard InChI is InChI=1S/C12H15N3O2S/c1-3-17-11(16)5-4-10-8-18-12(14-10)9-6-13-15(2)7-9/h6-8H,3-5H2,1-2H3. The van der Waals surface area contributed by atoms with Crippen LogP contribution in [0.25, 0.3) is 10.6 Å². The number of ether oxygens (including phenoxy) is 1. The number of carbonyl (C=O) groups is 1. The fraction of sp³-hybridized carbons (Fsp3) is 0.417. The molecule has 2 rings (SSSR count). The summed E-state index contributed by atoms with van der Waals surface area (Å²) in [6.07, 6.45) is 4.71. The number of nitrogens with zero attached hydrogens (tertiary/aromatic N) is 3. The lowest BCUT2D eigenvalue weighted by atomic mass is 10.2. The molecule has 0 fully saturated rings. The van der Waals surface area contributed by atoms with E-state index in [4.69, 9.17) is 4.74 Å². The van der Waals surface area contributed by atoms with Crippen LogP contribution in [0.3, 0.4) is 0 Å². The van der Waals surface area contributed by atoms with Crippen molar-refractivity contribution in [3.63, 3.8) is 0 Å². The van der Waals surface area contributed by atoms with Crippen molar-refractivity contribution in [3.8, 4) is 10.6 Å². The molecule has 0 atom stereocenters. The molecule has 0 spiro atoms. The normalized spacial score (nSPS) is 10.6. The van der Waals surface area contributed by atoms with Crippen LogP contribution < -0.4 is 0 Å². The van der Waals surface area contributed by atoms with E-state index >= 15 is 0 Å². The summed E-state index contributed by atoms with van der Waals surface area (Å²) in [6, 6.07) is 0. The van der Waals surface area contributed by atoms with Gasteiger partial charge >= 0.3 is 5.97 Å². The predicted molar refractivity (Wildman–Crippen MR) is 69.3 cm³/mol. The highest BCUT2D eigenvalue weighted by atomic mass is 32.1. The quantitative estimate of drug-likeness (QED) is 0.776. The summed E-state index contributed by atoms with van der Waals surface area (Å²) in [5.74, 6) is -0.173. The molecule has 0 aromatic carbocycles. The van der Waals surface area contributed by atoms with Gasteiger partial charge in [-0.1, -0.05) is 0 Å². The van der Waals surface area contributed by atoms with E-state index in [1.165, 1.54) is 0 Å². The van der Waals surface area contributed by atoms with E-state index < -0.39 is 0 Å². The molecule has 0 saturated heterocycles. The molecule has 2 aromatic heterocycles. The summed E-state index contributed by atoms with van der Waals surface area (Å²) < 4.78 is 6.63. The number of thiazole rings is 1. The second-order valence-corrected chi connectivity index (χ2v) is 4.71. The number of rotatable bonds is 5. The Morgan fingerprint density at radius 1 is 1.56 bits per heavy atom. The van der Waals surface area contributed by atoms with Crippen LogP contribution in [0, 0.1) is 0 Å². The molecule has 0 amide bonds. The molecule has 6 heteroatoms. The molecule has 0 unspecified atom stereocenters. The Bertz CT molecular complexity index is 533. The molecule has 2 heterocycles. The van der Waals surface area contributed by atoms with Gasteiger partial charge in [-0.05, 0) is 6.92 Å². The van der Waals surface area contributed by atoms with Gasteiger partial charge in [-0.3, -0.25) is 9.48 Å². The lowest BCUT2D eigenvalue weighted by Crippen LogP contribution is -2.05.